The summed E-state index contributed by atoms with van der Waals surface area (Å²) < 4.78 is 19.8. The summed E-state index contributed by atoms with van der Waals surface area (Å²) in [5, 5.41) is 22.5. The number of carbonyl (C=O) groups is 6. The highest BCUT2D eigenvalue weighted by atomic mass is 16.6. The number of nitrogens with zero attached hydrogens (tertiary/aromatic N) is 2. The Labute approximate surface area is 305 Å². The topological polar surface area (TPSA) is 186 Å². The van der Waals surface area contributed by atoms with Gasteiger partial charge < -0.3 is 39.0 Å². The second-order valence-corrected chi connectivity index (χ2v) is 12.1. The first-order chi connectivity index (χ1) is 24.8. The second kappa shape index (κ2) is 22.2. The van der Waals surface area contributed by atoms with Crippen molar-refractivity contribution in [3.05, 3.63) is 71.8 Å². The van der Waals surface area contributed by atoms with Crippen molar-refractivity contribution in [2.45, 2.75) is 90.5 Å². The first-order valence-corrected chi connectivity index (χ1v) is 17.5. The number of hydrogen-bond donors (Lipinski definition) is 2. The van der Waals surface area contributed by atoms with Gasteiger partial charge in [0.25, 0.3) is 0 Å². The molecule has 52 heavy (non-hydrogen) atoms. The van der Waals surface area contributed by atoms with Gasteiger partial charge >= 0.3 is 23.9 Å². The molecular weight excluding hydrogens is 676 g/mol. The molecule has 0 unspecified atom stereocenters. The van der Waals surface area contributed by atoms with Gasteiger partial charge in [0.2, 0.25) is 11.8 Å². The van der Waals surface area contributed by atoms with E-state index in [0.717, 1.165) is 11.1 Å². The van der Waals surface area contributed by atoms with E-state index in [1.165, 1.54) is 23.6 Å². The van der Waals surface area contributed by atoms with Crippen molar-refractivity contribution < 1.29 is 57.9 Å². The van der Waals surface area contributed by atoms with E-state index < -0.39 is 72.6 Å². The van der Waals surface area contributed by atoms with E-state index in [1.54, 1.807) is 38.1 Å². The molecule has 14 heteroatoms. The van der Waals surface area contributed by atoms with Gasteiger partial charge in [-0.05, 0) is 51.7 Å². The van der Waals surface area contributed by atoms with E-state index in [-0.39, 0.29) is 52.6 Å². The molecule has 0 radical (unpaired) electrons. The highest BCUT2D eigenvalue weighted by Gasteiger charge is 2.45. The monoisotopic (exact) mass is 728 g/mol. The summed E-state index contributed by atoms with van der Waals surface area (Å²) in [7, 11) is 0. The Morgan fingerprint density at radius 1 is 0.519 bits per heavy atom. The molecule has 2 N–H and O–H groups in total. The van der Waals surface area contributed by atoms with Crippen molar-refractivity contribution >= 4 is 35.7 Å². The summed E-state index contributed by atoms with van der Waals surface area (Å²) in [5.41, 5.74) is -3.35. The zero-order chi connectivity index (χ0) is 38.6. The van der Waals surface area contributed by atoms with E-state index in [0.29, 0.717) is 12.8 Å². The molecule has 2 atom stereocenters. The van der Waals surface area contributed by atoms with Gasteiger partial charge in [0.15, 0.2) is 11.2 Å². The number of aliphatic hydroxyl groups is 2. The van der Waals surface area contributed by atoms with Gasteiger partial charge in [-0.2, -0.15) is 0 Å². The van der Waals surface area contributed by atoms with Crippen LogP contribution in [0, 0.1) is 0 Å². The Bertz CT molecular complexity index is 1340. The lowest BCUT2D eigenvalue weighted by atomic mass is 9.94. The molecule has 2 amide bonds. The van der Waals surface area contributed by atoms with Crippen LogP contribution in [0.4, 0.5) is 0 Å². The van der Waals surface area contributed by atoms with Crippen molar-refractivity contribution in [1.82, 2.24) is 9.80 Å². The maximum absolute atomic E-state index is 13.7. The molecule has 0 aliphatic carbocycles. The summed E-state index contributed by atoms with van der Waals surface area (Å²) in [6, 6.07) is 18.1. The lowest BCUT2D eigenvalue weighted by Crippen LogP contribution is -2.48. The molecule has 14 nitrogen and oxygen atoms in total. The number of rotatable bonds is 23. The summed E-state index contributed by atoms with van der Waals surface area (Å²) in [6.45, 7) is 6.66. The first-order valence-electron chi connectivity index (χ1n) is 17.5. The number of esters is 4. The van der Waals surface area contributed by atoms with Crippen molar-refractivity contribution in [3.8, 4) is 0 Å². The average molecular weight is 729 g/mol. The van der Waals surface area contributed by atoms with Crippen molar-refractivity contribution in [1.29, 1.82) is 0 Å². The van der Waals surface area contributed by atoms with Gasteiger partial charge in [0.05, 0.1) is 52.1 Å². The van der Waals surface area contributed by atoms with Crippen LogP contribution in [0.15, 0.2) is 60.7 Å². The van der Waals surface area contributed by atoms with Gasteiger partial charge in [-0.3, -0.25) is 19.2 Å². The van der Waals surface area contributed by atoms with Gasteiger partial charge in [0.1, 0.15) is 0 Å². The molecule has 286 valence electrons. The van der Waals surface area contributed by atoms with Gasteiger partial charge in [-0.25, -0.2) is 9.59 Å². The van der Waals surface area contributed by atoms with Crippen molar-refractivity contribution in [2.24, 2.45) is 0 Å². The summed E-state index contributed by atoms with van der Waals surface area (Å²) in [4.78, 5) is 80.5. The third-order valence-electron chi connectivity index (χ3n) is 7.93. The van der Waals surface area contributed by atoms with E-state index in [1.807, 2.05) is 36.4 Å². The van der Waals surface area contributed by atoms with E-state index in [9.17, 15) is 39.0 Å². The molecule has 0 aromatic heterocycles. The van der Waals surface area contributed by atoms with Crippen LogP contribution in [-0.2, 0) is 60.8 Å². The quantitative estimate of drug-likeness (QED) is 0.0969. The molecule has 0 bridgehead atoms. The molecule has 2 aromatic rings. The smallest absolute Gasteiger partial charge is 0.339 e. The molecule has 0 spiro atoms. The molecule has 2 rings (SSSR count). The molecule has 0 fully saturated rings. The third-order valence-corrected chi connectivity index (χ3v) is 7.93. The summed E-state index contributed by atoms with van der Waals surface area (Å²) in [6.07, 6.45) is -2.29. The number of carbonyl (C=O) groups excluding carboxylic acids is 6. The number of ether oxygens (including phenoxy) is 4. The Morgan fingerprint density at radius 2 is 0.846 bits per heavy atom. The fraction of sp³-hybridized carbons (Fsp3) is 0.526. The molecule has 0 aliphatic heterocycles. The van der Waals surface area contributed by atoms with Crippen LogP contribution in [0.25, 0.3) is 0 Å². The van der Waals surface area contributed by atoms with Crippen LogP contribution in [0.1, 0.15) is 77.3 Å². The molecule has 0 saturated carbocycles. The second-order valence-electron chi connectivity index (χ2n) is 12.1. The SMILES string of the molecule is CCOC(=O)C[C@](O)(CC(=O)N(CCCCN(Cc1ccccc1)C(=O)C[C@@](O)(CC(=O)OCC)C(=O)OCC)Cc1ccccc1)C(=O)OCC. The minimum atomic E-state index is -2.45. The van der Waals surface area contributed by atoms with Gasteiger partial charge in [-0.1, -0.05) is 60.7 Å². The van der Waals surface area contributed by atoms with Crippen LogP contribution < -0.4 is 0 Å². The average Bonchev–Trinajstić information content (AvgIpc) is 3.10. The number of amides is 2. The highest BCUT2D eigenvalue weighted by molar-refractivity contribution is 5.92. The van der Waals surface area contributed by atoms with E-state index in [4.69, 9.17) is 18.9 Å². The van der Waals surface area contributed by atoms with Crippen LogP contribution in [0.3, 0.4) is 0 Å². The van der Waals surface area contributed by atoms with Gasteiger partial charge in [0, 0.05) is 26.2 Å². The zero-order valence-corrected chi connectivity index (χ0v) is 30.5. The third kappa shape index (κ3) is 14.4. The van der Waals surface area contributed by atoms with Crippen molar-refractivity contribution in [3.63, 3.8) is 0 Å². The molecule has 0 saturated heterocycles. The maximum atomic E-state index is 13.7. The lowest BCUT2D eigenvalue weighted by Gasteiger charge is -2.30. The molecular formula is C38H52N2O12. The molecule has 0 heterocycles. The minimum Gasteiger partial charge on any atom is -0.466 e. The molecule has 2 aromatic carbocycles. The zero-order valence-electron chi connectivity index (χ0n) is 30.5. The fourth-order valence-electron chi connectivity index (χ4n) is 5.37. The summed E-state index contributed by atoms with van der Waals surface area (Å²) in [5.74, 6) is -5.17. The van der Waals surface area contributed by atoms with E-state index in [2.05, 4.69) is 0 Å². The van der Waals surface area contributed by atoms with Crippen LogP contribution in [0.5, 0.6) is 0 Å². The standard InChI is InChI=1S/C38H52N2O12/c1-5-49-33(43)25-37(47,35(45)51-7-3)23-31(41)39(27-29-17-11-9-12-18-29)21-15-16-22-40(28-30-19-13-10-14-20-30)32(42)24-38(48,36(46)52-8-4)26-34(44)50-6-2/h9-14,17-20,47-48H,5-8,15-16,21-28H2,1-4H3/t37-,38-/m1/s1. The normalized spacial score (nSPS) is 13.1. The Balaban J connectivity index is 2.28. The van der Waals surface area contributed by atoms with Crippen LogP contribution >= 0.6 is 0 Å². The predicted molar refractivity (Wildman–Crippen MR) is 188 cm³/mol. The summed E-state index contributed by atoms with van der Waals surface area (Å²) >= 11 is 0. The minimum absolute atomic E-state index is 0.0170. The van der Waals surface area contributed by atoms with Gasteiger partial charge in [-0.15, -0.1) is 0 Å². The fourth-order valence-corrected chi connectivity index (χ4v) is 5.37. The lowest BCUT2D eigenvalue weighted by molar-refractivity contribution is -0.175. The number of benzene rings is 2. The largest absolute Gasteiger partial charge is 0.466 e. The number of hydrogen-bond acceptors (Lipinski definition) is 12. The number of unbranched alkanes of at least 4 members (excludes halogenated alkanes) is 1. The highest BCUT2D eigenvalue weighted by Crippen LogP contribution is 2.24. The Morgan fingerprint density at radius 3 is 1.15 bits per heavy atom. The van der Waals surface area contributed by atoms with Crippen LogP contribution in [-0.4, -0.2) is 106 Å². The van der Waals surface area contributed by atoms with Crippen LogP contribution in [0.2, 0.25) is 0 Å². The first kappa shape index (κ1) is 43.3. The Kier molecular flexibility index (Phi) is 18.5. The van der Waals surface area contributed by atoms with Crippen molar-refractivity contribution in [2.75, 3.05) is 39.5 Å². The maximum Gasteiger partial charge on any atom is 0.339 e. The Hall–Kier alpha value is -4.82. The predicted octanol–water partition coefficient (Wildman–Crippen LogP) is 3.10. The van der Waals surface area contributed by atoms with E-state index >= 15 is 0 Å². The molecule has 0 aliphatic rings.